The van der Waals surface area contributed by atoms with Crippen LogP contribution in [-0.2, 0) is 4.74 Å². The summed E-state index contributed by atoms with van der Waals surface area (Å²) in [6.07, 6.45) is 5.89. The number of nitrogens with zero attached hydrogens (tertiary/aromatic N) is 2. The molecule has 1 aliphatic rings. The van der Waals surface area contributed by atoms with Crippen molar-refractivity contribution < 1.29 is 9.47 Å². The number of nitrogens with one attached hydrogen (secondary N) is 1. The summed E-state index contributed by atoms with van der Waals surface area (Å²) >= 11 is 0. The predicted octanol–water partition coefficient (Wildman–Crippen LogP) is 1.17. The molecule has 5 nitrogen and oxygen atoms in total. The third-order valence-electron chi connectivity index (χ3n) is 3.18. The second-order valence-corrected chi connectivity index (χ2v) is 4.25. The largest absolute Gasteiger partial charge is 0.480 e. The first-order valence-corrected chi connectivity index (χ1v) is 5.86. The second kappa shape index (κ2) is 5.42. The van der Waals surface area contributed by atoms with Gasteiger partial charge in [-0.2, -0.15) is 0 Å². The van der Waals surface area contributed by atoms with Gasteiger partial charge >= 0.3 is 0 Å². The minimum Gasteiger partial charge on any atom is -0.480 e. The number of hydrogen-bond donors (Lipinski definition) is 1. The van der Waals surface area contributed by atoms with E-state index in [2.05, 4.69) is 15.3 Å². The van der Waals surface area contributed by atoms with E-state index in [1.165, 1.54) is 12.8 Å². The highest BCUT2D eigenvalue weighted by atomic mass is 16.5. The third kappa shape index (κ3) is 2.56. The minimum absolute atomic E-state index is 0.0242. The van der Waals surface area contributed by atoms with Crippen molar-refractivity contribution >= 4 is 0 Å². The van der Waals surface area contributed by atoms with Crippen LogP contribution < -0.4 is 10.1 Å². The zero-order valence-electron chi connectivity index (χ0n) is 10.5. The van der Waals surface area contributed by atoms with Crippen molar-refractivity contribution in [2.24, 2.45) is 5.92 Å². The van der Waals surface area contributed by atoms with Crippen molar-refractivity contribution in [3.63, 3.8) is 0 Å². The molecule has 0 spiro atoms. The van der Waals surface area contributed by atoms with Crippen molar-refractivity contribution in [1.82, 2.24) is 15.3 Å². The summed E-state index contributed by atoms with van der Waals surface area (Å²) in [5, 5.41) is 3.26. The van der Waals surface area contributed by atoms with Gasteiger partial charge in [-0.15, -0.1) is 0 Å². The highest BCUT2D eigenvalue weighted by molar-refractivity contribution is 5.23. The first-order chi connectivity index (χ1) is 8.31. The molecule has 1 aliphatic carbocycles. The van der Waals surface area contributed by atoms with Crippen molar-refractivity contribution in [3.05, 3.63) is 18.1 Å². The van der Waals surface area contributed by atoms with Crippen LogP contribution in [-0.4, -0.2) is 37.3 Å². The molecule has 0 bridgehead atoms. The van der Waals surface area contributed by atoms with E-state index in [9.17, 15) is 0 Å². The third-order valence-corrected chi connectivity index (χ3v) is 3.18. The van der Waals surface area contributed by atoms with E-state index in [0.29, 0.717) is 11.8 Å². The maximum absolute atomic E-state index is 5.60. The molecular weight excluding hydrogens is 218 g/mol. The molecule has 1 aromatic heterocycles. The summed E-state index contributed by atoms with van der Waals surface area (Å²) in [7, 11) is 5.27. The molecule has 2 atom stereocenters. The van der Waals surface area contributed by atoms with E-state index in [0.717, 1.165) is 5.69 Å². The smallest absolute Gasteiger partial charge is 0.237 e. The van der Waals surface area contributed by atoms with Crippen LogP contribution in [0.5, 0.6) is 5.88 Å². The molecular formula is C12H19N3O2. The van der Waals surface area contributed by atoms with Crippen LogP contribution in [0.15, 0.2) is 12.4 Å². The Morgan fingerprint density at radius 2 is 2.00 bits per heavy atom. The molecule has 2 unspecified atom stereocenters. The number of rotatable bonds is 6. The van der Waals surface area contributed by atoms with Gasteiger partial charge in [0.1, 0.15) is 5.69 Å². The molecule has 0 amide bonds. The normalized spacial score (nSPS) is 18.8. The molecule has 5 heteroatoms. The van der Waals surface area contributed by atoms with E-state index >= 15 is 0 Å². The zero-order valence-corrected chi connectivity index (χ0v) is 10.5. The SMILES string of the molecule is CNC(c1nccnc1OC)C(OC)C1CC1. The van der Waals surface area contributed by atoms with E-state index in [-0.39, 0.29) is 12.1 Å². The fraction of sp³-hybridized carbons (Fsp3) is 0.667. The van der Waals surface area contributed by atoms with Gasteiger partial charge in [0, 0.05) is 19.5 Å². The van der Waals surface area contributed by atoms with Crippen molar-refractivity contribution in [1.29, 1.82) is 0 Å². The first kappa shape index (κ1) is 12.3. The zero-order chi connectivity index (χ0) is 12.3. The maximum Gasteiger partial charge on any atom is 0.237 e. The Morgan fingerprint density at radius 3 is 2.53 bits per heavy atom. The molecule has 1 fully saturated rings. The molecule has 17 heavy (non-hydrogen) atoms. The van der Waals surface area contributed by atoms with Crippen molar-refractivity contribution in [3.8, 4) is 5.88 Å². The van der Waals surface area contributed by atoms with Gasteiger partial charge in [-0.05, 0) is 25.8 Å². The Morgan fingerprint density at radius 1 is 1.29 bits per heavy atom. The van der Waals surface area contributed by atoms with Gasteiger partial charge in [0.05, 0.1) is 19.3 Å². The summed E-state index contributed by atoms with van der Waals surface area (Å²) < 4.78 is 10.8. The molecule has 2 rings (SSSR count). The summed E-state index contributed by atoms with van der Waals surface area (Å²) in [5.74, 6) is 1.18. The second-order valence-electron chi connectivity index (χ2n) is 4.25. The average Bonchev–Trinajstić information content (AvgIpc) is 3.20. The summed E-state index contributed by atoms with van der Waals surface area (Å²) in [5.41, 5.74) is 0.816. The highest BCUT2D eigenvalue weighted by Crippen LogP contribution is 2.40. The van der Waals surface area contributed by atoms with Gasteiger partial charge in [-0.25, -0.2) is 4.98 Å². The Kier molecular flexibility index (Phi) is 3.91. The van der Waals surface area contributed by atoms with Crippen LogP contribution >= 0.6 is 0 Å². The lowest BCUT2D eigenvalue weighted by Crippen LogP contribution is -2.33. The quantitative estimate of drug-likeness (QED) is 0.805. The summed E-state index contributed by atoms with van der Waals surface area (Å²) in [4.78, 5) is 8.55. The fourth-order valence-corrected chi connectivity index (χ4v) is 2.19. The van der Waals surface area contributed by atoms with Gasteiger partial charge in [-0.1, -0.05) is 0 Å². The van der Waals surface area contributed by atoms with Gasteiger partial charge in [0.2, 0.25) is 5.88 Å². The molecule has 0 radical (unpaired) electrons. The molecule has 1 N–H and O–H groups in total. The predicted molar refractivity (Wildman–Crippen MR) is 63.9 cm³/mol. The van der Waals surface area contributed by atoms with Crippen molar-refractivity contribution in [2.75, 3.05) is 21.3 Å². The lowest BCUT2D eigenvalue weighted by Gasteiger charge is -2.25. The maximum atomic E-state index is 5.60. The van der Waals surface area contributed by atoms with Crippen LogP contribution in [0.1, 0.15) is 24.6 Å². The monoisotopic (exact) mass is 237 g/mol. The summed E-state index contributed by atoms with van der Waals surface area (Å²) in [6, 6.07) is 0.0242. The Balaban J connectivity index is 2.26. The molecule has 1 aromatic rings. The molecule has 0 saturated heterocycles. The van der Waals surface area contributed by atoms with Gasteiger partial charge < -0.3 is 14.8 Å². The van der Waals surface area contributed by atoms with Gasteiger partial charge in [0.15, 0.2) is 0 Å². The molecule has 0 aromatic carbocycles. The first-order valence-electron chi connectivity index (χ1n) is 5.86. The Hall–Kier alpha value is -1.20. The van der Waals surface area contributed by atoms with Crippen LogP contribution in [0.25, 0.3) is 0 Å². The van der Waals surface area contributed by atoms with E-state index in [1.54, 1.807) is 26.6 Å². The molecule has 0 aliphatic heterocycles. The Labute approximate surface area is 102 Å². The van der Waals surface area contributed by atoms with Gasteiger partial charge in [0.25, 0.3) is 0 Å². The van der Waals surface area contributed by atoms with Crippen LogP contribution in [0.2, 0.25) is 0 Å². The van der Waals surface area contributed by atoms with Gasteiger partial charge in [-0.3, -0.25) is 4.98 Å². The summed E-state index contributed by atoms with van der Waals surface area (Å²) in [6.45, 7) is 0. The fourth-order valence-electron chi connectivity index (χ4n) is 2.19. The van der Waals surface area contributed by atoms with E-state index in [4.69, 9.17) is 9.47 Å². The molecule has 94 valence electrons. The van der Waals surface area contributed by atoms with Crippen LogP contribution in [0.3, 0.4) is 0 Å². The topological polar surface area (TPSA) is 56.3 Å². The lowest BCUT2D eigenvalue weighted by molar-refractivity contribution is 0.0507. The average molecular weight is 237 g/mol. The molecule has 1 saturated carbocycles. The highest BCUT2D eigenvalue weighted by Gasteiger charge is 2.38. The standard InChI is InChI=1S/C12H19N3O2/c1-13-9(11(16-2)8-4-5-8)10-12(17-3)15-7-6-14-10/h6-9,11,13H,4-5H2,1-3H3. The Bertz CT molecular complexity index is 369. The van der Waals surface area contributed by atoms with E-state index in [1.807, 2.05) is 7.05 Å². The minimum atomic E-state index is 0.0242. The lowest BCUT2D eigenvalue weighted by atomic mass is 10.0. The number of aromatic nitrogens is 2. The number of hydrogen-bond acceptors (Lipinski definition) is 5. The number of ether oxygens (including phenoxy) is 2. The van der Waals surface area contributed by atoms with E-state index < -0.39 is 0 Å². The van der Waals surface area contributed by atoms with Crippen LogP contribution in [0, 0.1) is 5.92 Å². The van der Waals surface area contributed by atoms with Crippen molar-refractivity contribution in [2.45, 2.75) is 25.0 Å². The molecule has 1 heterocycles. The van der Waals surface area contributed by atoms with Crippen LogP contribution in [0.4, 0.5) is 0 Å². The number of methoxy groups -OCH3 is 2. The number of likely N-dealkylation sites (N-methyl/N-ethyl adjacent to an activating group) is 1.